The molecule has 2 N–H and O–H groups in total. The Labute approximate surface area is 73.2 Å². The maximum absolute atomic E-state index is 5.72. The molecule has 0 fully saturated rings. The summed E-state index contributed by atoms with van der Waals surface area (Å²) < 4.78 is 0. The van der Waals surface area contributed by atoms with Crippen molar-refractivity contribution in [1.29, 1.82) is 0 Å². The fraction of sp³-hybridized carbons (Fsp3) is 0.300. The molecule has 0 unspecified atom stereocenters. The summed E-state index contributed by atoms with van der Waals surface area (Å²) >= 11 is 0. The lowest BCUT2D eigenvalue weighted by molar-refractivity contribution is 1.18. The summed E-state index contributed by atoms with van der Waals surface area (Å²) in [5.41, 5.74) is 8.68. The Morgan fingerprint density at radius 2 is 2.33 bits per heavy atom. The maximum Gasteiger partial charge on any atom is 0.0656 e. The first-order valence-electron chi connectivity index (χ1n) is 4.04. The number of rotatable bonds is 0. The highest BCUT2D eigenvalue weighted by molar-refractivity contribution is 6.10. The first-order chi connectivity index (χ1) is 5.77. The summed E-state index contributed by atoms with van der Waals surface area (Å²) in [5, 5.41) is 0. The SMILES string of the molecule is C/C=C1/C=CCC(N)=C/C1=N/C. The van der Waals surface area contributed by atoms with E-state index in [-0.39, 0.29) is 0 Å². The maximum atomic E-state index is 5.72. The summed E-state index contributed by atoms with van der Waals surface area (Å²) in [6.45, 7) is 2.00. The average Bonchev–Trinajstić information content (AvgIpc) is 2.26. The third kappa shape index (κ3) is 1.84. The molecule has 0 saturated carbocycles. The van der Waals surface area contributed by atoms with Crippen LogP contribution in [0.3, 0.4) is 0 Å². The first-order valence-corrected chi connectivity index (χ1v) is 4.04. The van der Waals surface area contributed by atoms with Gasteiger partial charge in [0.25, 0.3) is 0 Å². The molecule has 1 rings (SSSR count). The number of nitrogens with two attached hydrogens (primary N) is 1. The smallest absolute Gasteiger partial charge is 0.0656 e. The highest BCUT2D eigenvalue weighted by atomic mass is 14.7. The lowest BCUT2D eigenvalue weighted by Gasteiger charge is -1.98. The number of allylic oxidation sites excluding steroid dienone is 5. The molecule has 1 aliphatic rings. The molecule has 0 bridgehead atoms. The highest BCUT2D eigenvalue weighted by Crippen LogP contribution is 2.10. The molecule has 2 nitrogen and oxygen atoms in total. The van der Waals surface area contributed by atoms with E-state index < -0.39 is 0 Å². The van der Waals surface area contributed by atoms with Crippen molar-refractivity contribution in [3.63, 3.8) is 0 Å². The molecule has 0 heterocycles. The second kappa shape index (κ2) is 3.90. The Balaban J connectivity index is 3.07. The molecular weight excluding hydrogens is 148 g/mol. The number of hydrogen-bond acceptors (Lipinski definition) is 2. The molecule has 0 aliphatic heterocycles. The first kappa shape index (κ1) is 8.78. The van der Waals surface area contributed by atoms with E-state index in [4.69, 9.17) is 5.73 Å². The molecule has 0 aromatic heterocycles. The van der Waals surface area contributed by atoms with E-state index in [0.717, 1.165) is 23.4 Å². The van der Waals surface area contributed by atoms with Gasteiger partial charge in [-0.3, -0.25) is 4.99 Å². The van der Waals surface area contributed by atoms with Gasteiger partial charge >= 0.3 is 0 Å². The van der Waals surface area contributed by atoms with Crippen LogP contribution in [0.1, 0.15) is 13.3 Å². The van der Waals surface area contributed by atoms with Crippen LogP contribution in [0.4, 0.5) is 0 Å². The van der Waals surface area contributed by atoms with Gasteiger partial charge < -0.3 is 5.73 Å². The molecule has 2 heteroatoms. The molecular formula is C10H14N2. The van der Waals surface area contributed by atoms with Crippen LogP contribution >= 0.6 is 0 Å². The van der Waals surface area contributed by atoms with Gasteiger partial charge in [-0.1, -0.05) is 18.2 Å². The van der Waals surface area contributed by atoms with Crippen LogP contribution in [0, 0.1) is 0 Å². The van der Waals surface area contributed by atoms with Gasteiger partial charge in [-0.05, 0) is 18.6 Å². The van der Waals surface area contributed by atoms with Crippen LogP contribution in [-0.2, 0) is 0 Å². The van der Waals surface area contributed by atoms with E-state index in [1.54, 1.807) is 7.05 Å². The topological polar surface area (TPSA) is 38.4 Å². The summed E-state index contributed by atoms with van der Waals surface area (Å²) in [6.07, 6.45) is 8.89. The zero-order valence-electron chi connectivity index (χ0n) is 7.54. The molecule has 1 aliphatic carbocycles. The summed E-state index contributed by atoms with van der Waals surface area (Å²) in [7, 11) is 1.78. The van der Waals surface area contributed by atoms with Gasteiger partial charge in [-0.25, -0.2) is 0 Å². The molecule has 0 saturated heterocycles. The molecule has 0 atom stereocenters. The molecule has 12 heavy (non-hydrogen) atoms. The molecule has 0 spiro atoms. The molecule has 0 aromatic rings. The molecule has 0 radical (unpaired) electrons. The van der Waals surface area contributed by atoms with Crippen molar-refractivity contribution in [3.05, 3.63) is 35.6 Å². The summed E-state index contributed by atoms with van der Waals surface area (Å²) in [6, 6.07) is 0. The lowest BCUT2D eigenvalue weighted by Crippen LogP contribution is -2.01. The minimum Gasteiger partial charge on any atom is -0.402 e. The summed E-state index contributed by atoms with van der Waals surface area (Å²) in [4.78, 5) is 4.15. The number of aliphatic imine (C=N–C) groups is 1. The van der Waals surface area contributed by atoms with Crippen molar-refractivity contribution in [2.75, 3.05) is 7.05 Å². The molecule has 0 aromatic carbocycles. The Hall–Kier alpha value is -1.31. The third-order valence-corrected chi connectivity index (χ3v) is 1.82. The third-order valence-electron chi connectivity index (χ3n) is 1.82. The minimum atomic E-state index is 0.816. The van der Waals surface area contributed by atoms with Crippen LogP contribution in [0.15, 0.2) is 40.6 Å². The van der Waals surface area contributed by atoms with Crippen LogP contribution in [-0.4, -0.2) is 12.8 Å². The van der Waals surface area contributed by atoms with E-state index in [1.165, 1.54) is 0 Å². The number of nitrogens with zero attached hydrogens (tertiary/aromatic N) is 1. The van der Waals surface area contributed by atoms with Crippen molar-refractivity contribution >= 4 is 5.71 Å². The Morgan fingerprint density at radius 3 is 2.92 bits per heavy atom. The predicted molar refractivity (Wildman–Crippen MR) is 53.1 cm³/mol. The van der Waals surface area contributed by atoms with E-state index in [0.29, 0.717) is 0 Å². The monoisotopic (exact) mass is 162 g/mol. The van der Waals surface area contributed by atoms with Crippen LogP contribution in [0.2, 0.25) is 0 Å². The van der Waals surface area contributed by atoms with Crippen molar-refractivity contribution in [2.24, 2.45) is 10.7 Å². The van der Waals surface area contributed by atoms with Crippen LogP contribution in [0.25, 0.3) is 0 Å². The largest absolute Gasteiger partial charge is 0.402 e. The normalized spacial score (nSPS) is 24.3. The average molecular weight is 162 g/mol. The van der Waals surface area contributed by atoms with Gasteiger partial charge in [0.15, 0.2) is 0 Å². The quantitative estimate of drug-likeness (QED) is 0.579. The van der Waals surface area contributed by atoms with Crippen molar-refractivity contribution < 1.29 is 0 Å². The Kier molecular flexibility index (Phi) is 2.86. The van der Waals surface area contributed by atoms with Gasteiger partial charge in [-0.2, -0.15) is 0 Å². The fourth-order valence-corrected chi connectivity index (χ4v) is 1.16. The van der Waals surface area contributed by atoms with E-state index in [2.05, 4.69) is 17.1 Å². The van der Waals surface area contributed by atoms with E-state index >= 15 is 0 Å². The van der Waals surface area contributed by atoms with Crippen molar-refractivity contribution in [2.45, 2.75) is 13.3 Å². The van der Waals surface area contributed by atoms with Gasteiger partial charge in [-0.15, -0.1) is 0 Å². The second-order valence-corrected chi connectivity index (χ2v) is 2.68. The van der Waals surface area contributed by atoms with Crippen molar-refractivity contribution in [1.82, 2.24) is 0 Å². The zero-order valence-corrected chi connectivity index (χ0v) is 7.54. The standard InChI is InChI=1S/C10H14N2/c1-3-8-5-4-6-9(11)7-10(8)12-2/h3-5,7H,6,11H2,1-2H3/b8-3-,12-10-. The zero-order chi connectivity index (χ0) is 8.97. The van der Waals surface area contributed by atoms with Gasteiger partial charge in [0.2, 0.25) is 0 Å². The van der Waals surface area contributed by atoms with Gasteiger partial charge in [0.1, 0.15) is 0 Å². The summed E-state index contributed by atoms with van der Waals surface area (Å²) in [5.74, 6) is 0. The Morgan fingerprint density at radius 1 is 1.58 bits per heavy atom. The van der Waals surface area contributed by atoms with E-state index in [9.17, 15) is 0 Å². The van der Waals surface area contributed by atoms with Gasteiger partial charge in [0, 0.05) is 19.2 Å². The minimum absolute atomic E-state index is 0.816. The number of hydrogen-bond donors (Lipinski definition) is 1. The van der Waals surface area contributed by atoms with Gasteiger partial charge in [0.05, 0.1) is 5.71 Å². The van der Waals surface area contributed by atoms with Crippen molar-refractivity contribution in [3.8, 4) is 0 Å². The molecule has 0 amide bonds. The lowest BCUT2D eigenvalue weighted by atomic mass is 10.1. The Bertz CT molecular complexity index is 280. The highest BCUT2D eigenvalue weighted by Gasteiger charge is 2.03. The fourth-order valence-electron chi connectivity index (χ4n) is 1.16. The predicted octanol–water partition coefficient (Wildman–Crippen LogP) is 1.81. The van der Waals surface area contributed by atoms with E-state index in [1.807, 2.05) is 19.1 Å². The van der Waals surface area contributed by atoms with Crippen LogP contribution in [0.5, 0.6) is 0 Å². The second-order valence-electron chi connectivity index (χ2n) is 2.68. The molecule has 64 valence electrons. The van der Waals surface area contributed by atoms with Crippen LogP contribution < -0.4 is 5.73 Å².